The number of hydrogen-bond acceptors (Lipinski definition) is 5. The SMILES string of the molecule is CC(C)OCC(O)CN1CCN(C(=O)N2CCOCC2)CC1. The van der Waals surface area contributed by atoms with E-state index in [0.29, 0.717) is 52.5 Å². The molecule has 2 saturated heterocycles. The summed E-state index contributed by atoms with van der Waals surface area (Å²) in [5, 5.41) is 9.96. The molecule has 0 saturated carbocycles. The maximum Gasteiger partial charge on any atom is 0.320 e. The fourth-order valence-electron chi connectivity index (χ4n) is 2.73. The molecular formula is C15H29N3O4. The number of morpholine rings is 1. The number of carbonyl (C=O) groups is 1. The zero-order valence-corrected chi connectivity index (χ0v) is 13.7. The Balaban J connectivity index is 1.67. The molecule has 2 aliphatic heterocycles. The van der Waals surface area contributed by atoms with Crippen molar-refractivity contribution in [2.24, 2.45) is 0 Å². The number of piperazine rings is 1. The summed E-state index contributed by atoms with van der Waals surface area (Å²) in [5.74, 6) is 0. The average molecular weight is 315 g/mol. The molecule has 128 valence electrons. The lowest BCUT2D eigenvalue weighted by atomic mass is 10.2. The van der Waals surface area contributed by atoms with Crippen molar-refractivity contribution in [3.63, 3.8) is 0 Å². The third kappa shape index (κ3) is 5.39. The summed E-state index contributed by atoms with van der Waals surface area (Å²) >= 11 is 0. The maximum atomic E-state index is 12.4. The number of aliphatic hydroxyl groups excluding tert-OH is 1. The van der Waals surface area contributed by atoms with Crippen molar-refractivity contribution in [3.05, 3.63) is 0 Å². The molecule has 0 aromatic rings. The summed E-state index contributed by atoms with van der Waals surface area (Å²) in [6.45, 7) is 10.6. The second-order valence-electron chi connectivity index (χ2n) is 6.21. The Kier molecular flexibility index (Phi) is 6.88. The average Bonchev–Trinajstić information content (AvgIpc) is 2.54. The summed E-state index contributed by atoms with van der Waals surface area (Å²) < 4.78 is 10.7. The Bertz CT molecular complexity index is 340. The van der Waals surface area contributed by atoms with E-state index in [1.165, 1.54) is 0 Å². The number of nitrogens with zero attached hydrogens (tertiary/aromatic N) is 3. The van der Waals surface area contributed by atoms with E-state index in [9.17, 15) is 9.90 Å². The molecule has 0 aromatic carbocycles. The minimum Gasteiger partial charge on any atom is -0.389 e. The van der Waals surface area contributed by atoms with E-state index in [1.54, 1.807) is 0 Å². The van der Waals surface area contributed by atoms with Crippen LogP contribution >= 0.6 is 0 Å². The van der Waals surface area contributed by atoms with Crippen LogP contribution < -0.4 is 0 Å². The van der Waals surface area contributed by atoms with Crippen LogP contribution in [0.1, 0.15) is 13.8 Å². The highest BCUT2D eigenvalue weighted by Gasteiger charge is 2.26. The van der Waals surface area contributed by atoms with E-state index in [1.807, 2.05) is 23.6 Å². The van der Waals surface area contributed by atoms with Gasteiger partial charge in [-0.3, -0.25) is 4.90 Å². The number of rotatable bonds is 5. The first-order valence-corrected chi connectivity index (χ1v) is 8.20. The second kappa shape index (κ2) is 8.67. The van der Waals surface area contributed by atoms with E-state index < -0.39 is 6.10 Å². The van der Waals surface area contributed by atoms with Gasteiger partial charge in [-0.05, 0) is 13.8 Å². The van der Waals surface area contributed by atoms with E-state index in [0.717, 1.165) is 13.1 Å². The summed E-state index contributed by atoms with van der Waals surface area (Å²) in [4.78, 5) is 18.3. The van der Waals surface area contributed by atoms with Crippen molar-refractivity contribution in [1.29, 1.82) is 0 Å². The minimum absolute atomic E-state index is 0.117. The van der Waals surface area contributed by atoms with Gasteiger partial charge in [-0.25, -0.2) is 4.79 Å². The van der Waals surface area contributed by atoms with Gasteiger partial charge in [0, 0.05) is 45.8 Å². The van der Waals surface area contributed by atoms with Crippen LogP contribution in [-0.2, 0) is 9.47 Å². The number of urea groups is 1. The Morgan fingerprint density at radius 3 is 2.27 bits per heavy atom. The molecule has 2 aliphatic rings. The summed E-state index contributed by atoms with van der Waals surface area (Å²) in [5.41, 5.74) is 0. The topological polar surface area (TPSA) is 65.5 Å². The molecule has 0 aliphatic carbocycles. The van der Waals surface area contributed by atoms with Crippen LogP contribution in [0.2, 0.25) is 0 Å². The molecule has 1 unspecified atom stereocenters. The van der Waals surface area contributed by atoms with Crippen LogP contribution in [-0.4, -0.2) is 104 Å². The van der Waals surface area contributed by atoms with E-state index in [2.05, 4.69) is 4.90 Å². The molecule has 2 heterocycles. The molecule has 2 rings (SSSR count). The smallest absolute Gasteiger partial charge is 0.320 e. The molecule has 0 spiro atoms. The zero-order valence-electron chi connectivity index (χ0n) is 13.7. The number of aliphatic hydroxyl groups is 1. The highest BCUT2D eigenvalue weighted by molar-refractivity contribution is 5.74. The monoisotopic (exact) mass is 315 g/mol. The number of ether oxygens (including phenoxy) is 2. The summed E-state index contributed by atoms with van der Waals surface area (Å²) in [6, 6.07) is 0.117. The van der Waals surface area contributed by atoms with Crippen LogP contribution in [0.25, 0.3) is 0 Å². The summed E-state index contributed by atoms with van der Waals surface area (Å²) in [6.07, 6.45) is -0.332. The predicted molar refractivity (Wildman–Crippen MR) is 82.9 cm³/mol. The molecule has 22 heavy (non-hydrogen) atoms. The first-order chi connectivity index (χ1) is 10.6. The highest BCUT2D eigenvalue weighted by Crippen LogP contribution is 2.08. The largest absolute Gasteiger partial charge is 0.389 e. The Labute approximate surface area is 132 Å². The molecule has 2 amide bonds. The van der Waals surface area contributed by atoms with Crippen molar-refractivity contribution in [2.45, 2.75) is 26.1 Å². The van der Waals surface area contributed by atoms with Gasteiger partial charge in [-0.15, -0.1) is 0 Å². The minimum atomic E-state index is -0.469. The number of β-amino-alcohol motifs (C(OH)–C–C–N with tert-alkyl or cyclic N) is 1. The van der Waals surface area contributed by atoms with Gasteiger partial charge in [-0.1, -0.05) is 0 Å². The quantitative estimate of drug-likeness (QED) is 0.764. The fraction of sp³-hybridized carbons (Fsp3) is 0.933. The lowest BCUT2D eigenvalue weighted by Crippen LogP contribution is -2.55. The van der Waals surface area contributed by atoms with Gasteiger partial charge in [0.25, 0.3) is 0 Å². The lowest BCUT2D eigenvalue weighted by molar-refractivity contribution is -0.0143. The zero-order chi connectivity index (χ0) is 15.9. The Morgan fingerprint density at radius 2 is 1.68 bits per heavy atom. The number of carbonyl (C=O) groups excluding carboxylic acids is 1. The van der Waals surface area contributed by atoms with Crippen LogP contribution in [0.4, 0.5) is 4.79 Å². The van der Waals surface area contributed by atoms with Crippen LogP contribution in [0.5, 0.6) is 0 Å². The predicted octanol–water partition coefficient (Wildman–Crippen LogP) is -0.158. The Hall–Kier alpha value is -0.890. The van der Waals surface area contributed by atoms with Gasteiger partial charge >= 0.3 is 6.03 Å². The molecule has 0 radical (unpaired) electrons. The molecular weight excluding hydrogens is 286 g/mol. The van der Waals surface area contributed by atoms with Crippen molar-refractivity contribution < 1.29 is 19.4 Å². The van der Waals surface area contributed by atoms with Gasteiger partial charge in [0.2, 0.25) is 0 Å². The molecule has 0 aromatic heterocycles. The van der Waals surface area contributed by atoms with Gasteiger partial charge in [0.15, 0.2) is 0 Å². The van der Waals surface area contributed by atoms with Crippen molar-refractivity contribution >= 4 is 6.03 Å². The highest BCUT2D eigenvalue weighted by atomic mass is 16.5. The number of amides is 2. The molecule has 7 heteroatoms. The fourth-order valence-corrected chi connectivity index (χ4v) is 2.73. The molecule has 0 bridgehead atoms. The molecule has 2 fully saturated rings. The van der Waals surface area contributed by atoms with Gasteiger partial charge in [0.1, 0.15) is 0 Å². The van der Waals surface area contributed by atoms with Crippen LogP contribution in [0, 0.1) is 0 Å². The summed E-state index contributed by atoms with van der Waals surface area (Å²) in [7, 11) is 0. The first-order valence-electron chi connectivity index (χ1n) is 8.20. The van der Waals surface area contributed by atoms with Crippen LogP contribution in [0.3, 0.4) is 0 Å². The normalized spacial score (nSPS) is 22.2. The van der Waals surface area contributed by atoms with Gasteiger partial charge < -0.3 is 24.4 Å². The van der Waals surface area contributed by atoms with Crippen molar-refractivity contribution in [2.75, 3.05) is 65.6 Å². The van der Waals surface area contributed by atoms with Crippen molar-refractivity contribution in [3.8, 4) is 0 Å². The van der Waals surface area contributed by atoms with Crippen LogP contribution in [0.15, 0.2) is 0 Å². The van der Waals surface area contributed by atoms with E-state index >= 15 is 0 Å². The van der Waals surface area contributed by atoms with E-state index in [4.69, 9.17) is 9.47 Å². The second-order valence-corrected chi connectivity index (χ2v) is 6.21. The first kappa shape index (κ1) is 17.5. The standard InChI is InChI=1S/C15H29N3O4/c1-13(2)22-12-14(19)11-16-3-5-17(6-4-16)15(20)18-7-9-21-10-8-18/h13-14,19H,3-12H2,1-2H3. The van der Waals surface area contributed by atoms with Gasteiger partial charge in [-0.2, -0.15) is 0 Å². The third-order valence-corrected chi connectivity index (χ3v) is 4.02. The number of hydrogen-bond donors (Lipinski definition) is 1. The third-order valence-electron chi connectivity index (χ3n) is 4.02. The lowest BCUT2D eigenvalue weighted by Gasteiger charge is -2.39. The molecule has 1 atom stereocenters. The van der Waals surface area contributed by atoms with Crippen molar-refractivity contribution in [1.82, 2.24) is 14.7 Å². The van der Waals surface area contributed by atoms with E-state index in [-0.39, 0.29) is 12.1 Å². The maximum absolute atomic E-state index is 12.4. The molecule has 7 nitrogen and oxygen atoms in total. The molecule has 1 N–H and O–H groups in total. The van der Waals surface area contributed by atoms with Gasteiger partial charge in [0.05, 0.1) is 32.0 Å². The Morgan fingerprint density at radius 1 is 1.09 bits per heavy atom.